The molecule has 0 heterocycles. The molecule has 3 aromatic rings. The largest absolute Gasteiger partial charge is 0.418 e. The number of alkyl halides is 6. The van der Waals surface area contributed by atoms with Crippen LogP contribution in [0.25, 0.3) is 0 Å². The second-order valence-electron chi connectivity index (χ2n) is 6.59. The molecule has 0 atom stereocenters. The first kappa shape index (κ1) is 23.6. The summed E-state index contributed by atoms with van der Waals surface area (Å²) < 4.78 is 92.9. The number of Topliss-reactive ketones (excluding diaryl/α,β-unsaturated/α-hetero) is 1. The summed E-state index contributed by atoms with van der Waals surface area (Å²) in [5.41, 5.74) is -3.01. The maximum atomic E-state index is 13.4. The molecule has 3 rings (SSSR count). The van der Waals surface area contributed by atoms with Crippen LogP contribution in [0.15, 0.2) is 76.5 Å². The second kappa shape index (κ2) is 9.23. The molecule has 10 heteroatoms. The highest BCUT2D eigenvalue weighted by molar-refractivity contribution is 7.99. The van der Waals surface area contributed by atoms with Crippen molar-refractivity contribution >= 4 is 23.2 Å². The summed E-state index contributed by atoms with van der Waals surface area (Å²) in [5, 5.41) is 2.78. The molecule has 0 fully saturated rings. The lowest BCUT2D eigenvalue weighted by Gasteiger charge is -2.19. The normalized spacial score (nSPS) is 12.0. The Kier molecular flexibility index (Phi) is 6.82. The summed E-state index contributed by atoms with van der Waals surface area (Å²) in [6.45, 7) is -0.213. The molecule has 3 aromatic carbocycles. The molecule has 0 aromatic heterocycles. The minimum absolute atomic E-state index is 0.141. The summed E-state index contributed by atoms with van der Waals surface area (Å²) in [6, 6.07) is 13.2. The second-order valence-corrected chi connectivity index (χ2v) is 7.71. The van der Waals surface area contributed by atoms with Gasteiger partial charge in [0, 0.05) is 21.0 Å². The van der Waals surface area contributed by atoms with E-state index in [9.17, 15) is 35.5 Å². The van der Waals surface area contributed by atoms with Gasteiger partial charge in [-0.3, -0.25) is 4.79 Å². The Hall–Kier alpha value is -3.01. The molecule has 32 heavy (non-hydrogen) atoms. The first-order valence-corrected chi connectivity index (χ1v) is 9.85. The Bertz CT molecular complexity index is 1130. The van der Waals surface area contributed by atoms with E-state index in [1.807, 2.05) is 0 Å². The summed E-state index contributed by atoms with van der Waals surface area (Å²) in [5.74, 6) is -0.990. The third kappa shape index (κ3) is 5.82. The maximum absolute atomic E-state index is 13.4. The average Bonchev–Trinajstić information content (AvgIpc) is 2.71. The van der Waals surface area contributed by atoms with Crippen LogP contribution in [0.1, 0.15) is 21.5 Å². The Morgan fingerprint density at radius 2 is 1.53 bits per heavy atom. The lowest BCUT2D eigenvalue weighted by molar-refractivity contribution is -0.163. The van der Waals surface area contributed by atoms with Crippen molar-refractivity contribution in [3.8, 4) is 0 Å². The number of halogens is 7. The average molecular weight is 473 g/mol. The monoisotopic (exact) mass is 473 g/mol. The molecule has 2 nitrogen and oxygen atoms in total. The number of carbonyl (C=O) groups excluding carboxylic acids is 1. The van der Waals surface area contributed by atoms with Gasteiger partial charge in [-0.25, -0.2) is 4.39 Å². The zero-order valence-electron chi connectivity index (χ0n) is 16.0. The highest BCUT2D eigenvalue weighted by atomic mass is 32.2. The minimum atomic E-state index is -5.21. The fourth-order valence-electron chi connectivity index (χ4n) is 2.89. The fourth-order valence-corrected chi connectivity index (χ4v) is 3.95. The summed E-state index contributed by atoms with van der Waals surface area (Å²) in [6.07, 6.45) is -10.4. The van der Waals surface area contributed by atoms with Crippen LogP contribution in [0, 0.1) is 5.82 Å². The van der Waals surface area contributed by atoms with Gasteiger partial charge in [0.05, 0.1) is 17.7 Å². The highest BCUT2D eigenvalue weighted by Gasteiger charge is 2.44. The molecule has 0 aliphatic rings. The number of hydrogen-bond acceptors (Lipinski definition) is 3. The predicted octanol–water partition coefficient (Wildman–Crippen LogP) is 7.31. The van der Waals surface area contributed by atoms with E-state index in [0.29, 0.717) is 23.5 Å². The molecule has 0 bridgehead atoms. The smallest absolute Gasteiger partial charge is 0.378 e. The number of hydrogen-bond donors (Lipinski definition) is 1. The number of benzene rings is 3. The van der Waals surface area contributed by atoms with E-state index in [4.69, 9.17) is 0 Å². The van der Waals surface area contributed by atoms with E-state index in [-0.39, 0.29) is 17.0 Å². The topological polar surface area (TPSA) is 29.1 Å². The Balaban J connectivity index is 1.81. The standard InChI is InChI=1S/C22H14F7NOS/c23-14-5-1-4-13(10-14)18(31)12-30-15-6-2-7-16(11-15)32-19-9-3-8-17(21(24,25)26)20(19)22(27,28)29/h1-11,30H,12H2. The van der Waals surface area contributed by atoms with Crippen LogP contribution in [0.5, 0.6) is 0 Å². The zero-order valence-corrected chi connectivity index (χ0v) is 16.8. The summed E-state index contributed by atoms with van der Waals surface area (Å²) in [7, 11) is 0. The van der Waals surface area contributed by atoms with E-state index in [1.165, 1.54) is 36.4 Å². The van der Waals surface area contributed by atoms with Crippen LogP contribution >= 0.6 is 11.8 Å². The van der Waals surface area contributed by atoms with E-state index in [1.54, 1.807) is 6.07 Å². The Morgan fingerprint density at radius 1 is 0.844 bits per heavy atom. The Morgan fingerprint density at radius 3 is 2.19 bits per heavy atom. The van der Waals surface area contributed by atoms with Gasteiger partial charge < -0.3 is 5.32 Å². The highest BCUT2D eigenvalue weighted by Crippen LogP contribution is 2.46. The van der Waals surface area contributed by atoms with Gasteiger partial charge in [-0.1, -0.05) is 36.0 Å². The van der Waals surface area contributed by atoms with E-state index in [2.05, 4.69) is 5.32 Å². The van der Waals surface area contributed by atoms with Gasteiger partial charge >= 0.3 is 12.4 Å². The molecule has 0 spiro atoms. The maximum Gasteiger partial charge on any atom is 0.418 e. The lowest BCUT2D eigenvalue weighted by Crippen LogP contribution is -2.17. The SMILES string of the molecule is O=C(CNc1cccc(Sc2cccc(C(F)(F)F)c2C(F)(F)F)c1)c1cccc(F)c1. The van der Waals surface area contributed by atoms with Crippen molar-refractivity contribution < 1.29 is 35.5 Å². The van der Waals surface area contributed by atoms with E-state index < -0.39 is 40.0 Å². The molecule has 0 amide bonds. The predicted molar refractivity (Wildman–Crippen MR) is 106 cm³/mol. The van der Waals surface area contributed by atoms with E-state index in [0.717, 1.165) is 18.2 Å². The molecule has 168 valence electrons. The van der Waals surface area contributed by atoms with Crippen LogP contribution in [0.2, 0.25) is 0 Å². The number of carbonyl (C=O) groups is 1. The summed E-state index contributed by atoms with van der Waals surface area (Å²) in [4.78, 5) is 11.8. The third-order valence-corrected chi connectivity index (χ3v) is 5.33. The van der Waals surface area contributed by atoms with Gasteiger partial charge in [0.15, 0.2) is 5.78 Å². The first-order valence-electron chi connectivity index (χ1n) is 9.03. The first-order chi connectivity index (χ1) is 14.9. The van der Waals surface area contributed by atoms with Crippen molar-refractivity contribution in [2.45, 2.75) is 22.1 Å². The van der Waals surface area contributed by atoms with Crippen LogP contribution in [0.3, 0.4) is 0 Å². The minimum Gasteiger partial charge on any atom is -0.378 e. The van der Waals surface area contributed by atoms with Crippen LogP contribution in [0.4, 0.5) is 36.4 Å². The van der Waals surface area contributed by atoms with Gasteiger partial charge in [-0.05, 0) is 42.5 Å². The van der Waals surface area contributed by atoms with Gasteiger partial charge in [-0.15, -0.1) is 0 Å². The van der Waals surface area contributed by atoms with Crippen molar-refractivity contribution in [1.82, 2.24) is 0 Å². The summed E-state index contributed by atoms with van der Waals surface area (Å²) >= 11 is 0.524. The third-order valence-electron chi connectivity index (χ3n) is 4.28. The molecule has 0 unspecified atom stereocenters. The molecule has 0 saturated carbocycles. The Labute approximate surface area is 182 Å². The molecule has 1 N–H and O–H groups in total. The van der Waals surface area contributed by atoms with Gasteiger partial charge in [0.2, 0.25) is 0 Å². The number of nitrogens with one attached hydrogen (secondary N) is 1. The van der Waals surface area contributed by atoms with Gasteiger partial charge in [0.25, 0.3) is 0 Å². The van der Waals surface area contributed by atoms with Crippen LogP contribution < -0.4 is 5.32 Å². The number of anilines is 1. The zero-order chi connectivity index (χ0) is 23.5. The molecule has 0 aliphatic heterocycles. The number of ketones is 1. The van der Waals surface area contributed by atoms with Crippen molar-refractivity contribution in [3.05, 3.63) is 89.2 Å². The number of rotatable bonds is 6. The van der Waals surface area contributed by atoms with Crippen molar-refractivity contribution in [2.24, 2.45) is 0 Å². The van der Waals surface area contributed by atoms with E-state index >= 15 is 0 Å². The molecule has 0 saturated heterocycles. The fraction of sp³-hybridized carbons (Fsp3) is 0.136. The van der Waals surface area contributed by atoms with Crippen LogP contribution in [-0.2, 0) is 12.4 Å². The van der Waals surface area contributed by atoms with Crippen LogP contribution in [-0.4, -0.2) is 12.3 Å². The molecular weight excluding hydrogens is 459 g/mol. The molecule has 0 radical (unpaired) electrons. The van der Waals surface area contributed by atoms with Gasteiger partial charge in [-0.2, -0.15) is 26.3 Å². The quantitative estimate of drug-likeness (QED) is 0.301. The van der Waals surface area contributed by atoms with Crippen molar-refractivity contribution in [3.63, 3.8) is 0 Å². The molecule has 0 aliphatic carbocycles. The van der Waals surface area contributed by atoms with Crippen molar-refractivity contribution in [2.75, 3.05) is 11.9 Å². The lowest BCUT2D eigenvalue weighted by atomic mass is 10.1. The van der Waals surface area contributed by atoms with Crippen molar-refractivity contribution in [1.29, 1.82) is 0 Å². The molecular formula is C22H14F7NOS. The van der Waals surface area contributed by atoms with Gasteiger partial charge in [0.1, 0.15) is 5.82 Å².